The van der Waals surface area contributed by atoms with Gasteiger partial charge in [0.15, 0.2) is 17.3 Å². The van der Waals surface area contributed by atoms with Crippen LogP contribution in [0.25, 0.3) is 0 Å². The molecule has 0 amide bonds. The lowest BCUT2D eigenvalue weighted by Crippen LogP contribution is -2.60. The van der Waals surface area contributed by atoms with Crippen LogP contribution in [0.1, 0.15) is 175 Å². The van der Waals surface area contributed by atoms with Crippen LogP contribution in [0, 0.1) is 0 Å². The van der Waals surface area contributed by atoms with Gasteiger partial charge in [-0.2, -0.15) is 0 Å². The summed E-state index contributed by atoms with van der Waals surface area (Å²) in [4.78, 5) is 42.5. The van der Waals surface area contributed by atoms with Crippen molar-refractivity contribution in [1.29, 1.82) is 0 Å². The Morgan fingerprint density at radius 2 is 0.667 bits per heavy atom. The Balaban J connectivity index is 4.91. The number of unbranched alkanes of at least 4 members (excludes halogenated alkanes) is 18. The van der Waals surface area contributed by atoms with Crippen LogP contribution in [-0.4, -0.2) is 22.9 Å². The normalized spacial score (nSPS) is 11.7. The van der Waals surface area contributed by atoms with Crippen LogP contribution in [-0.2, 0) is 14.4 Å². The number of carbonyl (C=O) groups excluding carboxylic acids is 3. The van der Waals surface area contributed by atoms with Crippen LogP contribution in [0.2, 0.25) is 0 Å². The Morgan fingerprint density at radius 3 is 0.889 bits per heavy atom. The van der Waals surface area contributed by atoms with Gasteiger partial charge in [-0.05, 0) is 31.0 Å². The number of rotatable bonds is 28. The fraction of sp³-hybridized carbons (Fsp3) is 0.903. The van der Waals surface area contributed by atoms with Crippen molar-refractivity contribution < 1.29 is 14.4 Å². The Labute approximate surface area is 228 Å². The molecule has 0 aliphatic rings. The monoisotopic (exact) mass is 527 g/mol. The summed E-state index contributed by atoms with van der Waals surface area (Å²) in [5.74, 6) is -0.981. The third-order valence-corrected chi connectivity index (χ3v) is 7.70. The summed E-state index contributed by atoms with van der Waals surface area (Å²) in [7, 11) is 0. The molecular weight excluding hydrogens is 470 g/mol. The summed E-state index contributed by atoms with van der Waals surface area (Å²) >= 11 is 6.09. The van der Waals surface area contributed by atoms with Crippen molar-refractivity contribution in [1.82, 2.24) is 4.84 Å². The number of hydrogen-bond donors (Lipinski definition) is 1. The molecule has 0 rings (SSSR count). The number of Topliss-reactive ketones (excluding diaryl/α,β-unsaturated/α-hetero) is 3. The highest BCUT2D eigenvalue weighted by atomic mass is 35.5. The first-order valence-electron chi connectivity index (χ1n) is 15.5. The molecule has 0 radical (unpaired) electrons. The van der Waals surface area contributed by atoms with Crippen LogP contribution in [0.5, 0.6) is 0 Å². The van der Waals surface area contributed by atoms with Gasteiger partial charge in [-0.25, -0.2) is 4.84 Å². The summed E-state index contributed by atoms with van der Waals surface area (Å²) in [6, 6.07) is 0. The molecule has 1 N–H and O–H groups in total. The molecule has 36 heavy (non-hydrogen) atoms. The lowest BCUT2D eigenvalue weighted by molar-refractivity contribution is -0.143. The quantitative estimate of drug-likeness (QED) is 0.0624. The Kier molecular flexibility index (Phi) is 24.1. The zero-order valence-electron chi connectivity index (χ0n) is 24.1. The molecule has 0 aliphatic heterocycles. The maximum Gasteiger partial charge on any atom is 0.208 e. The van der Waals surface area contributed by atoms with Crippen molar-refractivity contribution in [3.8, 4) is 0 Å². The van der Waals surface area contributed by atoms with Gasteiger partial charge in [-0.1, -0.05) is 136 Å². The molecule has 212 valence electrons. The highest BCUT2D eigenvalue weighted by Crippen LogP contribution is 2.23. The van der Waals surface area contributed by atoms with Crippen molar-refractivity contribution in [2.24, 2.45) is 0 Å². The fourth-order valence-electron chi connectivity index (χ4n) is 4.92. The number of halogens is 1. The molecule has 0 aromatic rings. The van der Waals surface area contributed by atoms with Gasteiger partial charge in [0, 0.05) is 19.3 Å². The van der Waals surface area contributed by atoms with Gasteiger partial charge in [0.2, 0.25) is 5.54 Å². The SMILES string of the molecule is CCCCCCCCCC(=O)C(NCl)(C(=O)CCCCCCCCC)C(=O)CCCCCCCCC. The van der Waals surface area contributed by atoms with Gasteiger partial charge < -0.3 is 0 Å². The van der Waals surface area contributed by atoms with Crippen molar-refractivity contribution in [2.45, 2.75) is 180 Å². The smallest absolute Gasteiger partial charge is 0.208 e. The van der Waals surface area contributed by atoms with Crippen LogP contribution in [0.15, 0.2) is 0 Å². The summed E-state index contributed by atoms with van der Waals surface area (Å²) in [5.41, 5.74) is -1.85. The maximum absolute atomic E-state index is 13.3. The van der Waals surface area contributed by atoms with Crippen LogP contribution in [0.3, 0.4) is 0 Å². The lowest BCUT2D eigenvalue weighted by atomic mass is 9.79. The van der Waals surface area contributed by atoms with E-state index in [2.05, 4.69) is 25.6 Å². The predicted octanol–water partition coefficient (Wildman–Crippen LogP) is 9.60. The summed E-state index contributed by atoms with van der Waals surface area (Å²) in [6.07, 6.45) is 23.5. The second-order valence-corrected chi connectivity index (χ2v) is 10.9. The van der Waals surface area contributed by atoms with Crippen molar-refractivity contribution >= 4 is 29.1 Å². The molecule has 0 fully saturated rings. The Morgan fingerprint density at radius 1 is 0.444 bits per heavy atom. The van der Waals surface area contributed by atoms with E-state index in [1.807, 2.05) is 0 Å². The molecule has 0 bridgehead atoms. The predicted molar refractivity (Wildman–Crippen MR) is 155 cm³/mol. The first kappa shape index (κ1) is 35.3. The molecule has 5 heteroatoms. The van der Waals surface area contributed by atoms with Crippen LogP contribution in [0.4, 0.5) is 0 Å². The summed E-state index contributed by atoms with van der Waals surface area (Å²) < 4.78 is 0. The summed E-state index contributed by atoms with van der Waals surface area (Å²) in [6.45, 7) is 6.60. The molecule has 0 atom stereocenters. The number of ketones is 3. The third kappa shape index (κ3) is 15.5. The second kappa shape index (κ2) is 24.6. The van der Waals surface area contributed by atoms with E-state index >= 15 is 0 Å². The van der Waals surface area contributed by atoms with Gasteiger partial charge in [0.1, 0.15) is 0 Å². The van der Waals surface area contributed by atoms with E-state index in [1.165, 1.54) is 77.0 Å². The van der Waals surface area contributed by atoms with Gasteiger partial charge in [-0.3, -0.25) is 14.4 Å². The molecule has 0 saturated heterocycles. The van der Waals surface area contributed by atoms with Crippen LogP contribution < -0.4 is 4.84 Å². The van der Waals surface area contributed by atoms with E-state index in [0.717, 1.165) is 38.5 Å². The van der Waals surface area contributed by atoms with E-state index < -0.39 is 5.54 Å². The van der Waals surface area contributed by atoms with E-state index in [4.69, 9.17) is 11.8 Å². The first-order valence-corrected chi connectivity index (χ1v) is 15.9. The molecule has 0 aromatic carbocycles. The van der Waals surface area contributed by atoms with Gasteiger partial charge in [0.25, 0.3) is 0 Å². The minimum Gasteiger partial charge on any atom is -0.297 e. The standard InChI is InChI=1S/C31H58ClNO3/c1-4-7-10-13-16-19-22-25-28(34)31(33-32,29(35)26-23-20-17-14-11-8-5-2)30(36)27-24-21-18-15-12-9-6-3/h33H,4-27H2,1-3H3. The minimum absolute atomic E-state index is 0.235. The molecule has 0 heterocycles. The molecule has 0 spiro atoms. The van der Waals surface area contributed by atoms with E-state index in [1.54, 1.807) is 0 Å². The van der Waals surface area contributed by atoms with Gasteiger partial charge >= 0.3 is 0 Å². The Hall–Kier alpha value is -0.740. The Bertz CT molecular complexity index is 490. The highest BCUT2D eigenvalue weighted by Gasteiger charge is 2.49. The molecule has 0 aromatic heterocycles. The summed E-state index contributed by atoms with van der Waals surface area (Å²) in [5, 5.41) is 0. The highest BCUT2D eigenvalue weighted by molar-refractivity contribution is 6.34. The molecule has 0 saturated carbocycles. The van der Waals surface area contributed by atoms with E-state index in [0.29, 0.717) is 19.3 Å². The van der Waals surface area contributed by atoms with Gasteiger partial charge in [0.05, 0.1) is 0 Å². The van der Waals surface area contributed by atoms with Gasteiger partial charge in [-0.15, -0.1) is 0 Å². The average molecular weight is 528 g/mol. The maximum atomic E-state index is 13.3. The second-order valence-electron chi connectivity index (χ2n) is 10.7. The number of carbonyl (C=O) groups is 3. The van der Waals surface area contributed by atoms with E-state index in [9.17, 15) is 14.4 Å². The molecular formula is C31H58ClNO3. The zero-order valence-corrected chi connectivity index (χ0v) is 24.8. The van der Waals surface area contributed by atoms with Crippen molar-refractivity contribution in [2.75, 3.05) is 0 Å². The molecule has 4 nitrogen and oxygen atoms in total. The number of hydrogen-bond acceptors (Lipinski definition) is 4. The van der Waals surface area contributed by atoms with Crippen molar-refractivity contribution in [3.63, 3.8) is 0 Å². The largest absolute Gasteiger partial charge is 0.297 e. The fourth-order valence-corrected chi connectivity index (χ4v) is 5.23. The van der Waals surface area contributed by atoms with E-state index in [-0.39, 0.29) is 36.6 Å². The molecule has 0 unspecified atom stereocenters. The number of nitrogens with one attached hydrogen (secondary N) is 1. The van der Waals surface area contributed by atoms with Crippen molar-refractivity contribution in [3.05, 3.63) is 0 Å². The molecule has 0 aliphatic carbocycles. The minimum atomic E-state index is -1.85. The lowest BCUT2D eigenvalue weighted by Gasteiger charge is -2.28. The first-order chi connectivity index (χ1) is 17.5. The average Bonchev–Trinajstić information content (AvgIpc) is 2.87. The topological polar surface area (TPSA) is 63.2 Å². The zero-order chi connectivity index (χ0) is 26.9. The third-order valence-electron chi connectivity index (χ3n) is 7.42. The van der Waals surface area contributed by atoms with Crippen LogP contribution >= 0.6 is 11.8 Å².